The van der Waals surface area contributed by atoms with E-state index in [-0.39, 0.29) is 5.97 Å². The van der Waals surface area contributed by atoms with E-state index in [0.29, 0.717) is 18.4 Å². The van der Waals surface area contributed by atoms with Crippen molar-refractivity contribution in [2.24, 2.45) is 11.7 Å². The molecule has 0 bridgehead atoms. The van der Waals surface area contributed by atoms with Crippen molar-refractivity contribution in [3.63, 3.8) is 0 Å². The van der Waals surface area contributed by atoms with E-state index in [1.165, 1.54) is 7.11 Å². The minimum Gasteiger partial charge on any atom is -0.469 e. The van der Waals surface area contributed by atoms with Gasteiger partial charge in [0.25, 0.3) is 0 Å². The summed E-state index contributed by atoms with van der Waals surface area (Å²) in [6.45, 7) is 0. The van der Waals surface area contributed by atoms with E-state index in [2.05, 4.69) is 4.74 Å². The average Bonchev–Trinajstić information content (AvgIpc) is 1.95. The van der Waals surface area contributed by atoms with Crippen molar-refractivity contribution in [2.75, 3.05) is 7.11 Å². The molecule has 1 fully saturated rings. The summed E-state index contributed by atoms with van der Waals surface area (Å²) in [5.74, 6) is 0.564. The van der Waals surface area contributed by atoms with Crippen molar-refractivity contribution in [3.8, 4) is 0 Å². The lowest BCUT2D eigenvalue weighted by Gasteiger charge is -2.31. The molecule has 11 heavy (non-hydrogen) atoms. The minimum absolute atomic E-state index is 0.106. The monoisotopic (exact) mass is 157 g/mol. The van der Waals surface area contributed by atoms with Gasteiger partial charge in [0.05, 0.1) is 7.11 Å². The van der Waals surface area contributed by atoms with Crippen molar-refractivity contribution in [1.29, 1.82) is 0 Å². The molecule has 0 saturated heterocycles. The Balaban J connectivity index is 2.00. The number of carbonyl (C=O) groups excluding carboxylic acids is 1. The Morgan fingerprint density at radius 3 is 2.73 bits per heavy atom. The van der Waals surface area contributed by atoms with Crippen LogP contribution in [0.5, 0.6) is 0 Å². The molecule has 0 spiro atoms. The number of nitrogens with two attached hydrogens (primary N) is 1. The highest BCUT2D eigenvalue weighted by Gasteiger charge is 2.25. The zero-order valence-corrected chi connectivity index (χ0v) is 6.88. The van der Waals surface area contributed by atoms with E-state index in [1.54, 1.807) is 0 Å². The Kier molecular flexibility index (Phi) is 2.88. The number of carbonyl (C=O) groups is 1. The van der Waals surface area contributed by atoms with Crippen LogP contribution in [-0.4, -0.2) is 19.1 Å². The Morgan fingerprint density at radius 1 is 1.64 bits per heavy atom. The number of hydrogen-bond acceptors (Lipinski definition) is 3. The lowest BCUT2D eigenvalue weighted by molar-refractivity contribution is -0.141. The number of esters is 1. The van der Waals surface area contributed by atoms with E-state index >= 15 is 0 Å². The van der Waals surface area contributed by atoms with Crippen LogP contribution in [0.25, 0.3) is 0 Å². The van der Waals surface area contributed by atoms with Gasteiger partial charge in [-0.1, -0.05) is 0 Å². The summed E-state index contributed by atoms with van der Waals surface area (Å²) in [6.07, 6.45) is 3.66. The van der Waals surface area contributed by atoms with Crippen LogP contribution >= 0.6 is 0 Å². The summed E-state index contributed by atoms with van der Waals surface area (Å²) in [5, 5.41) is 0. The lowest BCUT2D eigenvalue weighted by atomic mass is 9.78. The predicted octanol–water partition coefficient (Wildman–Crippen LogP) is 0.677. The number of ether oxygens (including phenoxy) is 1. The smallest absolute Gasteiger partial charge is 0.305 e. The molecule has 0 atom stereocenters. The summed E-state index contributed by atoms with van der Waals surface area (Å²) in [6, 6.07) is 0.387. The van der Waals surface area contributed by atoms with E-state index in [0.717, 1.165) is 19.3 Å². The van der Waals surface area contributed by atoms with Crippen LogP contribution in [0.3, 0.4) is 0 Å². The molecule has 0 unspecified atom stereocenters. The van der Waals surface area contributed by atoms with Crippen molar-refractivity contribution >= 4 is 5.97 Å². The largest absolute Gasteiger partial charge is 0.469 e. The van der Waals surface area contributed by atoms with E-state index in [4.69, 9.17) is 5.73 Å². The van der Waals surface area contributed by atoms with Crippen molar-refractivity contribution in [3.05, 3.63) is 0 Å². The van der Waals surface area contributed by atoms with Crippen molar-refractivity contribution in [2.45, 2.75) is 31.7 Å². The fraction of sp³-hybridized carbons (Fsp3) is 0.875. The number of rotatable bonds is 3. The first-order valence-electron chi connectivity index (χ1n) is 4.04. The van der Waals surface area contributed by atoms with Gasteiger partial charge < -0.3 is 10.5 Å². The Bertz CT molecular complexity index is 141. The third kappa shape index (κ3) is 2.50. The highest BCUT2D eigenvalue weighted by Crippen LogP contribution is 2.29. The van der Waals surface area contributed by atoms with Gasteiger partial charge in [0.1, 0.15) is 0 Å². The van der Waals surface area contributed by atoms with Gasteiger partial charge in [-0.05, 0) is 25.2 Å². The van der Waals surface area contributed by atoms with E-state index < -0.39 is 0 Å². The maximum atomic E-state index is 10.7. The van der Waals surface area contributed by atoms with Gasteiger partial charge in [-0.3, -0.25) is 4.79 Å². The molecule has 1 rings (SSSR count). The molecule has 1 aliphatic carbocycles. The molecule has 1 saturated carbocycles. The van der Waals surface area contributed by atoms with Crippen LogP contribution in [0, 0.1) is 5.92 Å². The standard InChI is InChI=1S/C8H15NO2/c1-11-8(10)3-2-6-4-7(9)5-6/h6-7H,2-5,9H2,1H3. The topological polar surface area (TPSA) is 52.3 Å². The minimum atomic E-state index is -0.106. The van der Waals surface area contributed by atoms with Crippen LogP contribution in [0.2, 0.25) is 0 Å². The second kappa shape index (κ2) is 3.72. The average molecular weight is 157 g/mol. The summed E-state index contributed by atoms with van der Waals surface area (Å²) in [4.78, 5) is 10.7. The molecule has 0 amide bonds. The molecule has 2 N–H and O–H groups in total. The molecule has 0 aromatic heterocycles. The zero-order valence-electron chi connectivity index (χ0n) is 6.88. The SMILES string of the molecule is COC(=O)CCC1CC(N)C1. The quantitative estimate of drug-likeness (QED) is 0.613. The Morgan fingerprint density at radius 2 is 2.27 bits per heavy atom. The molecule has 0 aromatic carbocycles. The van der Waals surface area contributed by atoms with Gasteiger partial charge in [-0.15, -0.1) is 0 Å². The molecule has 64 valence electrons. The number of hydrogen-bond donors (Lipinski definition) is 1. The highest BCUT2D eigenvalue weighted by molar-refractivity contribution is 5.69. The summed E-state index contributed by atoms with van der Waals surface area (Å²) < 4.78 is 4.53. The third-order valence-corrected chi connectivity index (χ3v) is 2.26. The first-order chi connectivity index (χ1) is 5.22. The van der Waals surface area contributed by atoms with Gasteiger partial charge in [-0.25, -0.2) is 0 Å². The first-order valence-corrected chi connectivity index (χ1v) is 4.04. The fourth-order valence-corrected chi connectivity index (χ4v) is 1.45. The molecule has 1 aliphatic rings. The number of methoxy groups -OCH3 is 1. The molecule has 0 aromatic rings. The maximum absolute atomic E-state index is 10.7. The van der Waals surface area contributed by atoms with Gasteiger partial charge in [0.2, 0.25) is 0 Å². The zero-order chi connectivity index (χ0) is 8.27. The van der Waals surface area contributed by atoms with Gasteiger partial charge >= 0.3 is 5.97 Å². The van der Waals surface area contributed by atoms with Crippen LogP contribution < -0.4 is 5.73 Å². The second-order valence-electron chi connectivity index (χ2n) is 3.21. The van der Waals surface area contributed by atoms with Crippen molar-refractivity contribution in [1.82, 2.24) is 0 Å². The molecule has 3 nitrogen and oxygen atoms in total. The van der Waals surface area contributed by atoms with Crippen molar-refractivity contribution < 1.29 is 9.53 Å². The van der Waals surface area contributed by atoms with Gasteiger partial charge in [0.15, 0.2) is 0 Å². The van der Waals surface area contributed by atoms with Crippen LogP contribution in [0.15, 0.2) is 0 Å². The normalized spacial score (nSPS) is 29.3. The third-order valence-electron chi connectivity index (χ3n) is 2.26. The fourth-order valence-electron chi connectivity index (χ4n) is 1.45. The molecule has 0 radical (unpaired) electrons. The molecule has 0 heterocycles. The van der Waals surface area contributed by atoms with Crippen LogP contribution in [-0.2, 0) is 9.53 Å². The van der Waals surface area contributed by atoms with E-state index in [1.807, 2.05) is 0 Å². The van der Waals surface area contributed by atoms with E-state index in [9.17, 15) is 4.79 Å². The van der Waals surface area contributed by atoms with Gasteiger partial charge in [-0.2, -0.15) is 0 Å². The second-order valence-corrected chi connectivity index (χ2v) is 3.21. The predicted molar refractivity (Wildman–Crippen MR) is 41.9 cm³/mol. The maximum Gasteiger partial charge on any atom is 0.305 e. The summed E-state index contributed by atoms with van der Waals surface area (Å²) in [7, 11) is 1.43. The highest BCUT2D eigenvalue weighted by atomic mass is 16.5. The molecule has 0 aliphatic heterocycles. The molecular weight excluding hydrogens is 142 g/mol. The lowest BCUT2D eigenvalue weighted by Crippen LogP contribution is -2.36. The van der Waals surface area contributed by atoms with Crippen LogP contribution in [0.1, 0.15) is 25.7 Å². The Hall–Kier alpha value is -0.570. The Labute approximate surface area is 66.9 Å². The van der Waals surface area contributed by atoms with Crippen LogP contribution in [0.4, 0.5) is 0 Å². The first kappa shape index (κ1) is 8.53. The molecular formula is C8H15NO2. The van der Waals surface area contributed by atoms with Gasteiger partial charge in [0, 0.05) is 12.5 Å². The summed E-state index contributed by atoms with van der Waals surface area (Å²) >= 11 is 0. The molecule has 3 heteroatoms. The summed E-state index contributed by atoms with van der Waals surface area (Å²) in [5.41, 5.74) is 5.59.